The van der Waals surface area contributed by atoms with Gasteiger partial charge in [-0.15, -0.1) is 0 Å². The molecule has 0 fully saturated rings. The molecule has 3 aromatic rings. The first-order valence-electron chi connectivity index (χ1n) is 10.5. The zero-order valence-electron chi connectivity index (χ0n) is 18.2. The Kier molecular flexibility index (Phi) is 6.58. The van der Waals surface area contributed by atoms with Crippen LogP contribution in [0.25, 0.3) is 11.1 Å². The second-order valence-corrected chi connectivity index (χ2v) is 10.9. The van der Waals surface area contributed by atoms with E-state index < -0.39 is 10.0 Å². The van der Waals surface area contributed by atoms with E-state index in [4.69, 9.17) is 0 Å². The number of aryl methyl sites for hydroxylation is 2. The van der Waals surface area contributed by atoms with Crippen molar-refractivity contribution >= 4 is 33.4 Å². The maximum Gasteiger partial charge on any atom is 0.265 e. The van der Waals surface area contributed by atoms with Gasteiger partial charge in [0.15, 0.2) is 0 Å². The summed E-state index contributed by atoms with van der Waals surface area (Å²) >= 11 is 1.74. The highest BCUT2D eigenvalue weighted by Crippen LogP contribution is 2.43. The molecule has 166 valence electrons. The first-order valence-corrected chi connectivity index (χ1v) is 13.1. The fraction of sp³-hybridized carbons (Fsp3) is 0.240. The molecule has 7 heteroatoms. The lowest BCUT2D eigenvalue weighted by Gasteiger charge is -2.31. The molecule has 32 heavy (non-hydrogen) atoms. The van der Waals surface area contributed by atoms with Crippen molar-refractivity contribution in [3.8, 4) is 11.1 Å². The maximum absolute atomic E-state index is 13.3. The van der Waals surface area contributed by atoms with Crippen LogP contribution in [-0.4, -0.2) is 33.2 Å². The highest BCUT2D eigenvalue weighted by atomic mass is 32.2. The molecule has 5 nitrogen and oxygen atoms in total. The van der Waals surface area contributed by atoms with Crippen LogP contribution in [0.15, 0.2) is 71.6 Å². The van der Waals surface area contributed by atoms with Crippen molar-refractivity contribution in [1.29, 1.82) is 0 Å². The fourth-order valence-electron chi connectivity index (χ4n) is 3.86. The van der Waals surface area contributed by atoms with Gasteiger partial charge in [0.25, 0.3) is 10.0 Å². The minimum absolute atomic E-state index is 0.236. The Balaban J connectivity index is 1.42. The van der Waals surface area contributed by atoms with E-state index in [1.807, 2.05) is 37.3 Å². The number of carbonyl (C=O) groups excluding carboxylic acids is 1. The lowest BCUT2D eigenvalue weighted by atomic mass is 10.0. The van der Waals surface area contributed by atoms with Gasteiger partial charge in [-0.3, -0.25) is 9.10 Å². The molecular formula is C25H26N2O3S2. The minimum Gasteiger partial charge on any atom is -0.354 e. The minimum atomic E-state index is -3.81. The normalized spacial score (nSPS) is 13.9. The van der Waals surface area contributed by atoms with Crippen molar-refractivity contribution in [3.05, 3.63) is 83.4 Å². The van der Waals surface area contributed by atoms with Crippen molar-refractivity contribution in [1.82, 2.24) is 5.32 Å². The fourth-order valence-corrected chi connectivity index (χ4v) is 6.31. The van der Waals surface area contributed by atoms with Crippen molar-refractivity contribution in [2.45, 2.75) is 24.5 Å². The summed E-state index contributed by atoms with van der Waals surface area (Å²) in [4.78, 5) is 12.9. The zero-order valence-corrected chi connectivity index (χ0v) is 19.8. The van der Waals surface area contributed by atoms with Crippen molar-refractivity contribution in [3.63, 3.8) is 0 Å². The molecule has 1 aliphatic rings. The molecule has 1 heterocycles. The molecule has 0 unspecified atom stereocenters. The first-order chi connectivity index (χ1) is 15.4. The molecule has 0 aromatic heterocycles. The molecule has 0 atom stereocenters. The third-order valence-electron chi connectivity index (χ3n) is 5.37. The van der Waals surface area contributed by atoms with Gasteiger partial charge in [-0.05, 0) is 37.6 Å². The third-order valence-corrected chi connectivity index (χ3v) is 8.22. The predicted molar refractivity (Wildman–Crippen MR) is 131 cm³/mol. The van der Waals surface area contributed by atoms with E-state index in [0.29, 0.717) is 17.8 Å². The molecule has 1 N–H and O–H groups in total. The van der Waals surface area contributed by atoms with Gasteiger partial charge in [-0.25, -0.2) is 8.42 Å². The molecule has 4 rings (SSSR count). The maximum atomic E-state index is 13.3. The Morgan fingerprint density at radius 2 is 1.72 bits per heavy atom. The van der Waals surface area contributed by atoms with Crippen LogP contribution in [0.2, 0.25) is 0 Å². The van der Waals surface area contributed by atoms with Gasteiger partial charge >= 0.3 is 0 Å². The smallest absolute Gasteiger partial charge is 0.265 e. The van der Waals surface area contributed by atoms with Crippen molar-refractivity contribution < 1.29 is 13.2 Å². The molecule has 0 saturated heterocycles. The Labute approximate surface area is 193 Å². The SMILES string of the molecule is Cc1cccc(CSCCNC(=O)CN2c3ccc(C)cc3-c3ccccc3S2(=O)=O)c1. The lowest BCUT2D eigenvalue weighted by molar-refractivity contribution is -0.119. The Bertz CT molecular complexity index is 1260. The predicted octanol–water partition coefficient (Wildman–Crippen LogP) is 4.53. The average molecular weight is 467 g/mol. The topological polar surface area (TPSA) is 66.5 Å². The van der Waals surface area contributed by atoms with Gasteiger partial charge in [-0.1, -0.05) is 59.7 Å². The number of hydrogen-bond donors (Lipinski definition) is 1. The molecule has 1 amide bonds. The van der Waals surface area contributed by atoms with E-state index in [-0.39, 0.29) is 17.3 Å². The van der Waals surface area contributed by atoms with Crippen LogP contribution in [0, 0.1) is 13.8 Å². The standard InChI is InChI=1S/C25H26N2O3S2/c1-18-6-5-7-20(14-18)17-31-13-12-26-25(28)16-27-23-11-10-19(2)15-22(23)21-8-3-4-9-24(21)32(27,29)30/h3-11,14-15H,12-13,16-17H2,1-2H3,(H,26,28). The largest absolute Gasteiger partial charge is 0.354 e. The van der Waals surface area contributed by atoms with E-state index in [0.717, 1.165) is 22.6 Å². The van der Waals surface area contributed by atoms with Crippen LogP contribution in [0.1, 0.15) is 16.7 Å². The van der Waals surface area contributed by atoms with Crippen LogP contribution in [0.4, 0.5) is 5.69 Å². The summed E-state index contributed by atoms with van der Waals surface area (Å²) in [5.41, 5.74) is 5.57. The summed E-state index contributed by atoms with van der Waals surface area (Å²) in [5.74, 6) is 1.32. The van der Waals surface area contributed by atoms with Gasteiger partial charge < -0.3 is 5.32 Å². The van der Waals surface area contributed by atoms with Gasteiger partial charge in [0.05, 0.1) is 10.6 Å². The second kappa shape index (κ2) is 9.38. The van der Waals surface area contributed by atoms with Gasteiger partial charge in [0.1, 0.15) is 6.54 Å². The number of amides is 1. The van der Waals surface area contributed by atoms with Gasteiger partial charge in [0.2, 0.25) is 5.91 Å². The van der Waals surface area contributed by atoms with E-state index in [1.165, 1.54) is 15.4 Å². The number of benzene rings is 3. The van der Waals surface area contributed by atoms with E-state index >= 15 is 0 Å². The average Bonchev–Trinajstić information content (AvgIpc) is 2.77. The molecular weight excluding hydrogens is 440 g/mol. The number of nitrogens with one attached hydrogen (secondary N) is 1. The van der Waals surface area contributed by atoms with E-state index in [1.54, 1.807) is 30.0 Å². The molecule has 0 bridgehead atoms. The Morgan fingerprint density at radius 3 is 2.53 bits per heavy atom. The molecule has 0 spiro atoms. The first kappa shape index (κ1) is 22.4. The Morgan fingerprint density at radius 1 is 0.938 bits per heavy atom. The summed E-state index contributed by atoms with van der Waals surface area (Å²) in [6.45, 7) is 4.29. The molecule has 0 saturated carbocycles. The number of carbonyl (C=O) groups is 1. The zero-order chi connectivity index (χ0) is 22.7. The number of rotatable bonds is 7. The quantitative estimate of drug-likeness (QED) is 0.520. The van der Waals surface area contributed by atoms with Crippen LogP contribution in [0.3, 0.4) is 0 Å². The lowest BCUT2D eigenvalue weighted by Crippen LogP contribution is -2.43. The monoisotopic (exact) mass is 466 g/mol. The summed E-state index contributed by atoms with van der Waals surface area (Å²) in [6, 6.07) is 20.9. The number of fused-ring (bicyclic) bond motifs is 3. The number of sulfonamides is 1. The number of nitrogens with zero attached hydrogens (tertiary/aromatic N) is 1. The molecule has 0 radical (unpaired) electrons. The highest BCUT2D eigenvalue weighted by molar-refractivity contribution is 7.98. The molecule has 1 aliphatic heterocycles. The summed E-state index contributed by atoms with van der Waals surface area (Å²) in [7, 11) is -3.81. The molecule has 0 aliphatic carbocycles. The van der Waals surface area contributed by atoms with E-state index in [2.05, 4.69) is 30.4 Å². The van der Waals surface area contributed by atoms with Gasteiger partial charge in [0, 0.05) is 29.2 Å². The van der Waals surface area contributed by atoms with Crippen LogP contribution >= 0.6 is 11.8 Å². The van der Waals surface area contributed by atoms with E-state index in [9.17, 15) is 13.2 Å². The van der Waals surface area contributed by atoms with Crippen LogP contribution < -0.4 is 9.62 Å². The number of anilines is 1. The summed E-state index contributed by atoms with van der Waals surface area (Å²) < 4.78 is 27.8. The highest BCUT2D eigenvalue weighted by Gasteiger charge is 2.35. The second-order valence-electron chi connectivity index (χ2n) is 7.92. The number of hydrogen-bond acceptors (Lipinski definition) is 4. The Hall–Kier alpha value is -2.77. The molecule has 3 aromatic carbocycles. The van der Waals surface area contributed by atoms with Crippen molar-refractivity contribution in [2.75, 3.05) is 23.1 Å². The summed E-state index contributed by atoms with van der Waals surface area (Å²) in [5, 5.41) is 2.87. The van der Waals surface area contributed by atoms with Crippen LogP contribution in [0.5, 0.6) is 0 Å². The number of thioether (sulfide) groups is 1. The van der Waals surface area contributed by atoms with Crippen molar-refractivity contribution in [2.24, 2.45) is 0 Å². The third kappa shape index (κ3) is 4.69. The van der Waals surface area contributed by atoms with Gasteiger partial charge in [-0.2, -0.15) is 11.8 Å². The van der Waals surface area contributed by atoms with Crippen LogP contribution in [-0.2, 0) is 20.6 Å². The summed E-state index contributed by atoms with van der Waals surface area (Å²) in [6.07, 6.45) is 0.